The van der Waals surface area contributed by atoms with Gasteiger partial charge in [-0.15, -0.1) is 0 Å². The zero-order chi connectivity index (χ0) is 37.5. The van der Waals surface area contributed by atoms with Crippen LogP contribution in [-0.2, 0) is 28.6 Å². The first kappa shape index (κ1) is 37.8. The molecule has 0 spiro atoms. The largest absolute Gasteiger partial charge is 0.481 e. The van der Waals surface area contributed by atoms with E-state index in [0.717, 1.165) is 63.8 Å². The van der Waals surface area contributed by atoms with Gasteiger partial charge in [-0.1, -0.05) is 19.9 Å². The SMILES string of the molecule is Cc1cc(F)cc(C)c1-c1cc([C@H](CC(=O)O)NC(=O)[C@@H](CC(C)C)n2cc(C3CCN(CC4CC4)CC3)c(C(F)(F)F)cc2=O)cc2c1CCC2. The standard InChI is InChI=1S/C41H49F4N3O4/c1-23(2)14-36(48-22-33(34(19-37(48)49)41(43,44)45)27-10-12-47(13-11-27)21-26-8-9-26)40(52)46-35(20-38(50)51)29-17-28-6-5-7-31(28)32(18-29)39-24(3)15-30(42)16-25(39)4/h15-19,22-23,26-27,35-36H,5-14,20-21H2,1-4H3,(H,46,52)(H,50,51)/t35-,36+/m0/s1. The highest BCUT2D eigenvalue weighted by atomic mass is 19.4. The number of piperidine rings is 1. The summed E-state index contributed by atoms with van der Waals surface area (Å²) in [6.45, 7) is 9.69. The molecule has 6 rings (SSSR count). The molecule has 1 saturated carbocycles. The summed E-state index contributed by atoms with van der Waals surface area (Å²) < 4.78 is 58.7. The van der Waals surface area contributed by atoms with Gasteiger partial charge in [0.25, 0.3) is 5.56 Å². The number of likely N-dealkylation sites (tertiary alicyclic amines) is 1. The van der Waals surface area contributed by atoms with E-state index in [-0.39, 0.29) is 23.7 Å². The van der Waals surface area contributed by atoms with Gasteiger partial charge in [-0.25, -0.2) is 4.39 Å². The van der Waals surface area contributed by atoms with Crippen molar-refractivity contribution in [3.8, 4) is 11.1 Å². The summed E-state index contributed by atoms with van der Waals surface area (Å²) in [4.78, 5) is 42.4. The number of aryl methyl sites for hydroxylation is 3. The van der Waals surface area contributed by atoms with E-state index >= 15 is 0 Å². The van der Waals surface area contributed by atoms with Gasteiger partial charge in [0.2, 0.25) is 5.91 Å². The summed E-state index contributed by atoms with van der Waals surface area (Å²) in [7, 11) is 0. The molecule has 3 aliphatic rings. The molecule has 3 aromatic rings. The molecule has 2 heterocycles. The molecule has 280 valence electrons. The van der Waals surface area contributed by atoms with Crippen molar-refractivity contribution in [2.75, 3.05) is 19.6 Å². The topological polar surface area (TPSA) is 91.6 Å². The maximum atomic E-state index is 14.4. The van der Waals surface area contributed by atoms with Crippen LogP contribution in [0.25, 0.3) is 11.1 Å². The minimum Gasteiger partial charge on any atom is -0.481 e. The Morgan fingerprint density at radius 2 is 1.65 bits per heavy atom. The average molecular weight is 724 g/mol. The second-order valence-electron chi connectivity index (χ2n) is 15.7. The first-order valence-electron chi connectivity index (χ1n) is 18.6. The molecule has 0 unspecified atom stereocenters. The summed E-state index contributed by atoms with van der Waals surface area (Å²) in [5.41, 5.74) is 4.06. The Hall–Kier alpha value is -3.99. The second kappa shape index (κ2) is 15.2. The van der Waals surface area contributed by atoms with Gasteiger partial charge in [-0.05, 0) is 159 Å². The van der Waals surface area contributed by atoms with Gasteiger partial charge in [-0.2, -0.15) is 13.2 Å². The highest BCUT2D eigenvalue weighted by Crippen LogP contribution is 2.41. The van der Waals surface area contributed by atoms with Crippen LogP contribution in [0.4, 0.5) is 17.6 Å². The quantitative estimate of drug-likeness (QED) is 0.184. The normalized spacial score (nSPS) is 18.0. The molecule has 1 aromatic heterocycles. The number of carbonyl (C=O) groups excluding carboxylic acids is 1. The number of alkyl halides is 3. The van der Waals surface area contributed by atoms with E-state index in [9.17, 15) is 37.1 Å². The van der Waals surface area contributed by atoms with Crippen LogP contribution in [0.2, 0.25) is 0 Å². The maximum Gasteiger partial charge on any atom is 0.416 e. The second-order valence-corrected chi connectivity index (χ2v) is 15.7. The third-order valence-corrected chi connectivity index (χ3v) is 11.1. The number of carbonyl (C=O) groups is 2. The molecule has 11 heteroatoms. The Labute approximate surface area is 302 Å². The van der Waals surface area contributed by atoms with E-state index in [1.807, 2.05) is 39.8 Å². The summed E-state index contributed by atoms with van der Waals surface area (Å²) in [6, 6.07) is 5.19. The highest BCUT2D eigenvalue weighted by molar-refractivity contribution is 5.82. The number of aliphatic carboxylic acids is 1. The van der Waals surface area contributed by atoms with Gasteiger partial charge in [0, 0.05) is 18.8 Å². The van der Waals surface area contributed by atoms with Crippen molar-refractivity contribution in [2.24, 2.45) is 11.8 Å². The van der Waals surface area contributed by atoms with Crippen LogP contribution in [-0.4, -0.2) is 46.1 Å². The number of rotatable bonds is 12. The number of amides is 1. The van der Waals surface area contributed by atoms with E-state index < -0.39 is 53.6 Å². The third kappa shape index (κ3) is 8.45. The number of nitrogens with one attached hydrogen (secondary N) is 1. The predicted molar refractivity (Wildman–Crippen MR) is 192 cm³/mol. The lowest BCUT2D eigenvalue weighted by Gasteiger charge is -2.34. The lowest BCUT2D eigenvalue weighted by molar-refractivity contribution is -0.139. The van der Waals surface area contributed by atoms with Crippen LogP contribution in [0.5, 0.6) is 0 Å². The van der Waals surface area contributed by atoms with Crippen LogP contribution in [0.15, 0.2) is 41.3 Å². The van der Waals surface area contributed by atoms with Gasteiger partial charge < -0.3 is 19.9 Å². The first-order valence-corrected chi connectivity index (χ1v) is 18.6. The van der Waals surface area contributed by atoms with Crippen molar-refractivity contribution in [3.05, 3.63) is 91.6 Å². The minimum atomic E-state index is -4.74. The van der Waals surface area contributed by atoms with E-state index in [2.05, 4.69) is 10.2 Å². The van der Waals surface area contributed by atoms with Crippen LogP contribution >= 0.6 is 0 Å². The Kier molecular flexibility index (Phi) is 11.0. The summed E-state index contributed by atoms with van der Waals surface area (Å²) in [5.74, 6) is -2.01. The number of halogens is 4. The molecule has 1 saturated heterocycles. The van der Waals surface area contributed by atoms with Crippen molar-refractivity contribution in [3.63, 3.8) is 0 Å². The first-order chi connectivity index (χ1) is 24.6. The Bertz CT molecular complexity index is 1870. The summed E-state index contributed by atoms with van der Waals surface area (Å²) in [6.07, 6.45) is 2.10. The van der Waals surface area contributed by atoms with Gasteiger partial charge in [0.1, 0.15) is 11.9 Å². The molecule has 1 aliphatic heterocycles. The molecule has 2 aromatic carbocycles. The zero-order valence-electron chi connectivity index (χ0n) is 30.4. The summed E-state index contributed by atoms with van der Waals surface area (Å²) in [5, 5.41) is 12.9. The number of carboxylic acid groups (broad SMARTS) is 1. The van der Waals surface area contributed by atoms with Gasteiger partial charge >= 0.3 is 12.1 Å². The molecule has 52 heavy (non-hydrogen) atoms. The lowest BCUT2D eigenvalue weighted by Crippen LogP contribution is -2.41. The highest BCUT2D eigenvalue weighted by Gasteiger charge is 2.39. The molecule has 0 bridgehead atoms. The number of nitrogens with zero attached hydrogens (tertiary/aromatic N) is 2. The van der Waals surface area contributed by atoms with Crippen molar-refractivity contribution >= 4 is 11.9 Å². The molecule has 2 aliphatic carbocycles. The number of hydrogen-bond acceptors (Lipinski definition) is 4. The number of aromatic nitrogens is 1. The van der Waals surface area contributed by atoms with Crippen LogP contribution in [0.3, 0.4) is 0 Å². The van der Waals surface area contributed by atoms with Crippen molar-refractivity contribution in [2.45, 2.75) is 110 Å². The van der Waals surface area contributed by atoms with Crippen LogP contribution in [0.1, 0.15) is 116 Å². The third-order valence-electron chi connectivity index (χ3n) is 11.1. The number of pyridine rings is 1. The fourth-order valence-electron chi connectivity index (χ4n) is 8.45. The van der Waals surface area contributed by atoms with E-state index in [1.54, 1.807) is 0 Å². The predicted octanol–water partition coefficient (Wildman–Crippen LogP) is 8.29. The number of fused-ring (bicyclic) bond motifs is 1. The molecule has 1 amide bonds. The van der Waals surface area contributed by atoms with E-state index in [1.165, 1.54) is 31.2 Å². The molecule has 0 radical (unpaired) electrons. The molecule has 7 nitrogen and oxygen atoms in total. The van der Waals surface area contributed by atoms with E-state index in [4.69, 9.17) is 0 Å². The monoisotopic (exact) mass is 723 g/mol. The van der Waals surface area contributed by atoms with E-state index in [0.29, 0.717) is 43.5 Å². The van der Waals surface area contributed by atoms with Crippen LogP contribution in [0, 0.1) is 31.5 Å². The maximum absolute atomic E-state index is 14.4. The number of hydrogen-bond donors (Lipinski definition) is 2. The Morgan fingerprint density at radius 1 is 0.981 bits per heavy atom. The van der Waals surface area contributed by atoms with Crippen molar-refractivity contribution in [1.82, 2.24) is 14.8 Å². The molecule has 2 N–H and O–H groups in total. The Morgan fingerprint density at radius 3 is 2.25 bits per heavy atom. The fraction of sp³-hybridized carbons (Fsp3) is 0.537. The summed E-state index contributed by atoms with van der Waals surface area (Å²) >= 11 is 0. The molecular weight excluding hydrogens is 674 g/mol. The van der Waals surface area contributed by atoms with Crippen LogP contribution < -0.4 is 10.9 Å². The van der Waals surface area contributed by atoms with Gasteiger partial charge in [-0.3, -0.25) is 14.4 Å². The molecule has 2 fully saturated rings. The van der Waals surface area contributed by atoms with Gasteiger partial charge in [0.05, 0.1) is 18.0 Å². The molecular formula is C41H49F4N3O4. The lowest BCUT2D eigenvalue weighted by atomic mass is 9.86. The average Bonchev–Trinajstić information content (AvgIpc) is 3.74. The number of benzene rings is 2. The zero-order valence-corrected chi connectivity index (χ0v) is 30.4. The minimum absolute atomic E-state index is 0.0233. The van der Waals surface area contributed by atoms with Crippen molar-refractivity contribution in [1.29, 1.82) is 0 Å². The smallest absolute Gasteiger partial charge is 0.416 e. The van der Waals surface area contributed by atoms with Gasteiger partial charge in [0.15, 0.2) is 0 Å². The van der Waals surface area contributed by atoms with Crippen molar-refractivity contribution < 1.29 is 32.3 Å². The molecule has 2 atom stereocenters. The number of carboxylic acids is 1. The Balaban J connectivity index is 1.36. The fourth-order valence-corrected chi connectivity index (χ4v) is 8.45.